The first kappa shape index (κ1) is 17.0. The zero-order valence-corrected chi connectivity index (χ0v) is 14.6. The Bertz CT molecular complexity index is 611. The van der Waals surface area contributed by atoms with Gasteiger partial charge in [0, 0.05) is 5.56 Å². The van der Waals surface area contributed by atoms with Gasteiger partial charge in [-0.2, -0.15) is 0 Å². The molecule has 2 heterocycles. The molecule has 5 nitrogen and oxygen atoms in total. The van der Waals surface area contributed by atoms with E-state index in [9.17, 15) is 9.59 Å². The fraction of sp³-hybridized carbons (Fsp3) is 0.579. The lowest BCUT2D eigenvalue weighted by molar-refractivity contribution is -0.109. The summed E-state index contributed by atoms with van der Waals surface area (Å²) in [5.74, 6) is 0.452. The van der Waals surface area contributed by atoms with Crippen molar-refractivity contribution in [2.24, 2.45) is 5.92 Å². The quantitative estimate of drug-likeness (QED) is 0.799. The van der Waals surface area contributed by atoms with Gasteiger partial charge >= 0.3 is 6.09 Å². The van der Waals surface area contributed by atoms with Crippen LogP contribution < -0.4 is 0 Å². The van der Waals surface area contributed by atoms with Gasteiger partial charge in [-0.25, -0.2) is 4.79 Å². The Balaban J connectivity index is 1.49. The Morgan fingerprint density at radius 3 is 2.58 bits per heavy atom. The number of hydrogen-bond donors (Lipinski definition) is 0. The molecular weight excluding hydrogens is 306 g/mol. The van der Waals surface area contributed by atoms with Crippen LogP contribution in [0.25, 0.3) is 0 Å². The number of rotatable bonds is 3. The maximum absolute atomic E-state index is 12.0. The molecule has 0 radical (unpaired) electrons. The molecule has 1 aromatic rings. The molecule has 1 amide bonds. The molecule has 0 N–H and O–H groups in total. The standard InChI is InChI=1S/C19H25NO4/c1-18(2,3)24-17(22)20-12-19(13-20)9-16(11-23-19)8-14-4-6-15(10-21)7-5-14/h4-7,10,16H,8-9,11-13H2,1-3H3. The number of carbonyl (C=O) groups is 2. The molecule has 1 unspecified atom stereocenters. The van der Waals surface area contributed by atoms with Crippen LogP contribution in [0.5, 0.6) is 0 Å². The third-order valence-electron chi connectivity index (χ3n) is 4.54. The van der Waals surface area contributed by atoms with Crippen molar-refractivity contribution in [2.75, 3.05) is 19.7 Å². The summed E-state index contributed by atoms with van der Waals surface area (Å²) in [6.07, 6.45) is 2.50. The largest absolute Gasteiger partial charge is 0.444 e. The van der Waals surface area contributed by atoms with Crippen LogP contribution in [0.2, 0.25) is 0 Å². The van der Waals surface area contributed by atoms with E-state index in [2.05, 4.69) is 0 Å². The van der Waals surface area contributed by atoms with Gasteiger partial charge < -0.3 is 14.4 Å². The van der Waals surface area contributed by atoms with Crippen molar-refractivity contribution in [2.45, 2.75) is 44.8 Å². The molecule has 24 heavy (non-hydrogen) atoms. The van der Waals surface area contributed by atoms with Gasteiger partial charge in [0.2, 0.25) is 0 Å². The highest BCUT2D eigenvalue weighted by atomic mass is 16.6. The van der Waals surface area contributed by atoms with E-state index in [4.69, 9.17) is 9.47 Å². The predicted molar refractivity (Wildman–Crippen MR) is 90.1 cm³/mol. The minimum atomic E-state index is -0.466. The normalized spacial score (nSPS) is 22.3. The minimum absolute atomic E-state index is 0.190. The van der Waals surface area contributed by atoms with E-state index < -0.39 is 5.60 Å². The number of carbonyl (C=O) groups excluding carboxylic acids is 2. The van der Waals surface area contributed by atoms with Crippen molar-refractivity contribution in [1.82, 2.24) is 4.90 Å². The molecule has 0 saturated carbocycles. The molecule has 5 heteroatoms. The van der Waals surface area contributed by atoms with E-state index in [1.807, 2.05) is 45.0 Å². The Morgan fingerprint density at radius 1 is 1.33 bits per heavy atom. The second-order valence-corrected chi connectivity index (χ2v) is 7.96. The fourth-order valence-corrected chi connectivity index (χ4v) is 3.46. The highest BCUT2D eigenvalue weighted by Crippen LogP contribution is 2.39. The maximum Gasteiger partial charge on any atom is 0.410 e. The van der Waals surface area contributed by atoms with Crippen molar-refractivity contribution in [3.8, 4) is 0 Å². The van der Waals surface area contributed by atoms with Crippen molar-refractivity contribution in [3.63, 3.8) is 0 Å². The summed E-state index contributed by atoms with van der Waals surface area (Å²) in [6, 6.07) is 7.70. The number of amides is 1. The average Bonchev–Trinajstić information content (AvgIpc) is 2.89. The molecule has 1 spiro atoms. The number of benzene rings is 1. The second kappa shape index (κ2) is 6.20. The van der Waals surface area contributed by atoms with Crippen LogP contribution in [0.3, 0.4) is 0 Å². The Hall–Kier alpha value is -1.88. The number of hydrogen-bond acceptors (Lipinski definition) is 4. The maximum atomic E-state index is 12.0. The molecule has 0 aliphatic carbocycles. The summed E-state index contributed by atoms with van der Waals surface area (Å²) < 4.78 is 11.4. The first-order valence-electron chi connectivity index (χ1n) is 8.45. The van der Waals surface area contributed by atoms with E-state index in [0.717, 1.165) is 25.7 Å². The van der Waals surface area contributed by atoms with Gasteiger partial charge in [-0.1, -0.05) is 24.3 Å². The van der Waals surface area contributed by atoms with Gasteiger partial charge in [0.1, 0.15) is 17.5 Å². The van der Waals surface area contributed by atoms with Gasteiger partial charge in [0.25, 0.3) is 0 Å². The third kappa shape index (κ3) is 3.78. The van der Waals surface area contributed by atoms with E-state index in [1.54, 1.807) is 4.90 Å². The van der Waals surface area contributed by atoms with Crippen LogP contribution in [0, 0.1) is 5.92 Å². The van der Waals surface area contributed by atoms with Gasteiger partial charge in [-0.3, -0.25) is 4.79 Å². The monoisotopic (exact) mass is 331 g/mol. The Morgan fingerprint density at radius 2 is 2.00 bits per heavy atom. The summed E-state index contributed by atoms with van der Waals surface area (Å²) in [4.78, 5) is 24.5. The van der Waals surface area contributed by atoms with Gasteiger partial charge in [-0.15, -0.1) is 0 Å². The Kier molecular flexibility index (Phi) is 4.38. The smallest absolute Gasteiger partial charge is 0.410 e. The zero-order chi connectivity index (χ0) is 17.4. The topological polar surface area (TPSA) is 55.8 Å². The summed E-state index contributed by atoms with van der Waals surface area (Å²) in [5, 5.41) is 0. The molecule has 2 saturated heterocycles. The van der Waals surface area contributed by atoms with Crippen molar-refractivity contribution < 1.29 is 19.1 Å². The van der Waals surface area contributed by atoms with E-state index in [-0.39, 0.29) is 11.7 Å². The zero-order valence-electron chi connectivity index (χ0n) is 14.6. The SMILES string of the molecule is CC(C)(C)OC(=O)N1CC2(CC(Cc3ccc(C=O)cc3)CO2)C1. The Labute approximate surface area is 142 Å². The van der Waals surface area contributed by atoms with Crippen molar-refractivity contribution in [1.29, 1.82) is 0 Å². The first-order valence-corrected chi connectivity index (χ1v) is 8.45. The molecule has 1 aromatic carbocycles. The first-order chi connectivity index (χ1) is 11.3. The lowest BCUT2D eigenvalue weighted by atomic mass is 9.85. The molecule has 0 bridgehead atoms. The van der Waals surface area contributed by atoms with Crippen molar-refractivity contribution in [3.05, 3.63) is 35.4 Å². The lowest BCUT2D eigenvalue weighted by Gasteiger charge is -2.47. The molecule has 130 valence electrons. The van der Waals surface area contributed by atoms with E-state index in [0.29, 0.717) is 24.6 Å². The molecule has 2 aliphatic heterocycles. The molecule has 1 atom stereocenters. The summed E-state index contributed by atoms with van der Waals surface area (Å²) in [5.41, 5.74) is 1.26. The van der Waals surface area contributed by atoms with Gasteiger partial charge in [0.05, 0.1) is 19.7 Å². The molecule has 3 rings (SSSR count). The van der Waals surface area contributed by atoms with Crippen LogP contribution >= 0.6 is 0 Å². The highest BCUT2D eigenvalue weighted by Gasteiger charge is 2.52. The average molecular weight is 331 g/mol. The molecule has 0 aromatic heterocycles. The molecular formula is C19H25NO4. The number of nitrogens with zero attached hydrogens (tertiary/aromatic N) is 1. The number of ether oxygens (including phenoxy) is 2. The lowest BCUT2D eigenvalue weighted by Crippen LogP contribution is -2.63. The predicted octanol–water partition coefficient (Wildman–Crippen LogP) is 3.07. The van der Waals surface area contributed by atoms with E-state index >= 15 is 0 Å². The van der Waals surface area contributed by atoms with Gasteiger partial charge in [-0.05, 0) is 45.1 Å². The molecule has 2 fully saturated rings. The third-order valence-corrected chi connectivity index (χ3v) is 4.54. The summed E-state index contributed by atoms with van der Waals surface area (Å²) in [6.45, 7) is 7.57. The highest BCUT2D eigenvalue weighted by molar-refractivity contribution is 5.74. The second-order valence-electron chi connectivity index (χ2n) is 7.96. The summed E-state index contributed by atoms with van der Waals surface area (Å²) >= 11 is 0. The van der Waals surface area contributed by atoms with Crippen LogP contribution in [0.4, 0.5) is 4.79 Å². The fourth-order valence-electron chi connectivity index (χ4n) is 3.46. The van der Waals surface area contributed by atoms with E-state index in [1.165, 1.54) is 5.56 Å². The number of likely N-dealkylation sites (tertiary alicyclic amines) is 1. The van der Waals surface area contributed by atoms with Gasteiger partial charge in [0.15, 0.2) is 0 Å². The van der Waals surface area contributed by atoms with Crippen LogP contribution in [0.1, 0.15) is 43.1 Å². The van der Waals surface area contributed by atoms with Crippen LogP contribution in [-0.4, -0.2) is 48.2 Å². The van der Waals surface area contributed by atoms with Crippen LogP contribution in [0.15, 0.2) is 24.3 Å². The molecule has 2 aliphatic rings. The minimum Gasteiger partial charge on any atom is -0.444 e. The van der Waals surface area contributed by atoms with Crippen molar-refractivity contribution >= 4 is 12.4 Å². The number of aldehydes is 1. The summed E-state index contributed by atoms with van der Waals surface area (Å²) in [7, 11) is 0. The van der Waals surface area contributed by atoms with Crippen LogP contribution in [-0.2, 0) is 15.9 Å².